The maximum Gasteiger partial charge on any atom is 0.217 e. The van der Waals surface area contributed by atoms with Crippen LogP contribution >= 0.6 is 0 Å². The van der Waals surface area contributed by atoms with Gasteiger partial charge in [0.1, 0.15) is 5.82 Å². The molecular formula is C20H24FN3O. The number of carbonyl (C=O) groups excluding carboxylic acids is 1. The summed E-state index contributed by atoms with van der Waals surface area (Å²) in [6.45, 7) is 7.05. The van der Waals surface area contributed by atoms with Gasteiger partial charge < -0.3 is 10.2 Å². The molecule has 1 N–H and O–H groups in total. The summed E-state index contributed by atoms with van der Waals surface area (Å²) in [4.78, 5) is 18.1. The molecule has 2 aromatic rings. The van der Waals surface area contributed by atoms with E-state index in [0.717, 1.165) is 48.6 Å². The number of rotatable bonds is 3. The van der Waals surface area contributed by atoms with Crippen LogP contribution in [-0.2, 0) is 4.79 Å². The smallest absolute Gasteiger partial charge is 0.217 e. The molecule has 0 aliphatic carbocycles. The number of halogens is 1. The zero-order valence-corrected chi connectivity index (χ0v) is 15.0. The number of piperidine rings is 1. The first-order chi connectivity index (χ1) is 11.9. The fourth-order valence-electron chi connectivity index (χ4n) is 3.30. The van der Waals surface area contributed by atoms with Crippen LogP contribution in [0.15, 0.2) is 30.3 Å². The van der Waals surface area contributed by atoms with E-state index in [4.69, 9.17) is 0 Å². The third-order valence-corrected chi connectivity index (χ3v) is 4.67. The molecule has 1 saturated heterocycles. The molecule has 1 aromatic carbocycles. The molecule has 25 heavy (non-hydrogen) atoms. The number of pyridine rings is 1. The first kappa shape index (κ1) is 17.4. The zero-order chi connectivity index (χ0) is 18.0. The second kappa shape index (κ2) is 7.21. The van der Waals surface area contributed by atoms with Gasteiger partial charge in [0.05, 0.1) is 5.69 Å². The number of carbonyl (C=O) groups is 1. The summed E-state index contributed by atoms with van der Waals surface area (Å²) in [6, 6.07) is 9.58. The Hall–Kier alpha value is -2.43. The summed E-state index contributed by atoms with van der Waals surface area (Å²) in [5, 5.41) is 2.99. The fourth-order valence-corrected chi connectivity index (χ4v) is 3.30. The minimum absolute atomic E-state index is 0.0295. The van der Waals surface area contributed by atoms with Gasteiger partial charge in [0.25, 0.3) is 0 Å². The molecule has 1 aliphatic rings. The SMILES string of the molecule is CC(=O)NC1CCN(c2cc(C)nc(-c3ccc(C)c(F)c3)c2)CC1. The fraction of sp³-hybridized carbons (Fsp3) is 0.400. The van der Waals surface area contributed by atoms with Crippen LogP contribution in [0.25, 0.3) is 11.3 Å². The molecule has 1 aromatic heterocycles. The molecule has 0 bridgehead atoms. The third-order valence-electron chi connectivity index (χ3n) is 4.67. The Morgan fingerprint density at radius 1 is 1.20 bits per heavy atom. The Labute approximate surface area is 148 Å². The van der Waals surface area contributed by atoms with Gasteiger partial charge >= 0.3 is 0 Å². The highest BCUT2D eigenvalue weighted by Crippen LogP contribution is 2.27. The van der Waals surface area contributed by atoms with Crippen molar-refractivity contribution in [1.29, 1.82) is 0 Å². The molecule has 0 unspecified atom stereocenters. The monoisotopic (exact) mass is 341 g/mol. The van der Waals surface area contributed by atoms with Crippen molar-refractivity contribution in [2.24, 2.45) is 0 Å². The summed E-state index contributed by atoms with van der Waals surface area (Å²) >= 11 is 0. The molecular weight excluding hydrogens is 317 g/mol. The highest BCUT2D eigenvalue weighted by molar-refractivity contribution is 5.73. The average molecular weight is 341 g/mol. The highest BCUT2D eigenvalue weighted by Gasteiger charge is 2.20. The topological polar surface area (TPSA) is 45.2 Å². The number of nitrogens with zero attached hydrogens (tertiary/aromatic N) is 2. The van der Waals surface area contributed by atoms with Crippen LogP contribution in [0.1, 0.15) is 31.0 Å². The van der Waals surface area contributed by atoms with E-state index in [0.29, 0.717) is 5.56 Å². The Balaban J connectivity index is 1.80. The van der Waals surface area contributed by atoms with Crippen LogP contribution in [0.2, 0.25) is 0 Å². The first-order valence-corrected chi connectivity index (χ1v) is 8.69. The second-order valence-electron chi connectivity index (χ2n) is 6.78. The molecule has 5 heteroatoms. The molecule has 132 valence electrons. The molecule has 2 heterocycles. The van der Waals surface area contributed by atoms with E-state index in [2.05, 4.69) is 21.3 Å². The van der Waals surface area contributed by atoms with Crippen molar-refractivity contribution in [2.75, 3.05) is 18.0 Å². The number of amides is 1. The van der Waals surface area contributed by atoms with Crippen molar-refractivity contribution in [2.45, 2.75) is 39.7 Å². The van der Waals surface area contributed by atoms with Crippen molar-refractivity contribution < 1.29 is 9.18 Å². The van der Waals surface area contributed by atoms with Gasteiger partial charge in [-0.05, 0) is 50.5 Å². The lowest BCUT2D eigenvalue weighted by atomic mass is 10.0. The standard InChI is InChI=1S/C20H24FN3O/c1-13-4-5-16(11-19(13)21)20-12-18(10-14(2)22-20)24-8-6-17(7-9-24)23-15(3)25/h4-5,10-12,17H,6-9H2,1-3H3,(H,23,25). The van der Waals surface area contributed by atoms with Crippen molar-refractivity contribution in [1.82, 2.24) is 10.3 Å². The molecule has 0 atom stereocenters. The Morgan fingerprint density at radius 3 is 2.56 bits per heavy atom. The van der Waals surface area contributed by atoms with Gasteiger partial charge in [0.15, 0.2) is 0 Å². The number of hydrogen-bond acceptors (Lipinski definition) is 3. The number of aromatic nitrogens is 1. The Kier molecular flexibility index (Phi) is 5.02. The molecule has 0 spiro atoms. The van der Waals surface area contributed by atoms with E-state index >= 15 is 0 Å². The predicted molar refractivity (Wildman–Crippen MR) is 98.2 cm³/mol. The molecule has 1 amide bonds. The molecule has 0 saturated carbocycles. The van der Waals surface area contributed by atoms with Crippen LogP contribution in [0.3, 0.4) is 0 Å². The van der Waals surface area contributed by atoms with Crippen molar-refractivity contribution in [3.05, 3.63) is 47.4 Å². The van der Waals surface area contributed by atoms with E-state index in [1.54, 1.807) is 26.0 Å². The van der Waals surface area contributed by atoms with Crippen LogP contribution in [-0.4, -0.2) is 30.0 Å². The van der Waals surface area contributed by atoms with E-state index in [1.165, 1.54) is 0 Å². The lowest BCUT2D eigenvalue weighted by Gasteiger charge is -2.34. The molecule has 1 fully saturated rings. The quantitative estimate of drug-likeness (QED) is 0.928. The second-order valence-corrected chi connectivity index (χ2v) is 6.78. The van der Waals surface area contributed by atoms with Crippen molar-refractivity contribution in [3.8, 4) is 11.3 Å². The van der Waals surface area contributed by atoms with Gasteiger partial charge in [0.2, 0.25) is 5.91 Å². The molecule has 1 aliphatic heterocycles. The number of aryl methyl sites for hydroxylation is 2. The van der Waals surface area contributed by atoms with E-state index < -0.39 is 0 Å². The number of hydrogen-bond donors (Lipinski definition) is 1. The van der Waals surface area contributed by atoms with Crippen LogP contribution in [0.4, 0.5) is 10.1 Å². The summed E-state index contributed by atoms with van der Waals surface area (Å²) in [5.41, 5.74) is 4.23. The molecule has 0 radical (unpaired) electrons. The van der Waals surface area contributed by atoms with Crippen LogP contribution < -0.4 is 10.2 Å². The largest absolute Gasteiger partial charge is 0.371 e. The Morgan fingerprint density at radius 2 is 1.92 bits per heavy atom. The lowest BCUT2D eigenvalue weighted by molar-refractivity contribution is -0.119. The maximum atomic E-state index is 13.9. The van der Waals surface area contributed by atoms with Gasteiger partial charge in [-0.1, -0.05) is 12.1 Å². The minimum atomic E-state index is -0.210. The van der Waals surface area contributed by atoms with E-state index in [9.17, 15) is 9.18 Å². The summed E-state index contributed by atoms with van der Waals surface area (Å²) < 4.78 is 13.9. The van der Waals surface area contributed by atoms with Gasteiger partial charge in [-0.2, -0.15) is 0 Å². The lowest BCUT2D eigenvalue weighted by Crippen LogP contribution is -2.44. The zero-order valence-electron chi connectivity index (χ0n) is 15.0. The van der Waals surface area contributed by atoms with Crippen molar-refractivity contribution in [3.63, 3.8) is 0 Å². The minimum Gasteiger partial charge on any atom is -0.371 e. The summed E-state index contributed by atoms with van der Waals surface area (Å²) in [7, 11) is 0. The Bertz CT molecular complexity index is 783. The number of nitrogens with one attached hydrogen (secondary N) is 1. The van der Waals surface area contributed by atoms with Gasteiger partial charge in [0, 0.05) is 43.0 Å². The van der Waals surface area contributed by atoms with Gasteiger partial charge in [-0.25, -0.2) is 4.39 Å². The van der Waals surface area contributed by atoms with Crippen LogP contribution in [0, 0.1) is 19.7 Å². The third kappa shape index (κ3) is 4.16. The van der Waals surface area contributed by atoms with Crippen molar-refractivity contribution >= 4 is 11.6 Å². The summed E-state index contributed by atoms with van der Waals surface area (Å²) in [5.74, 6) is -0.180. The van der Waals surface area contributed by atoms with Gasteiger partial charge in [-0.3, -0.25) is 9.78 Å². The first-order valence-electron chi connectivity index (χ1n) is 8.69. The van der Waals surface area contributed by atoms with Gasteiger partial charge in [-0.15, -0.1) is 0 Å². The average Bonchev–Trinajstić information content (AvgIpc) is 2.57. The highest BCUT2D eigenvalue weighted by atomic mass is 19.1. The molecule has 4 nitrogen and oxygen atoms in total. The predicted octanol–water partition coefficient (Wildman–Crippen LogP) is 3.61. The van der Waals surface area contributed by atoms with E-state index in [-0.39, 0.29) is 17.8 Å². The van der Waals surface area contributed by atoms with Crippen LogP contribution in [0.5, 0.6) is 0 Å². The number of anilines is 1. The number of benzene rings is 1. The van der Waals surface area contributed by atoms with E-state index in [1.807, 2.05) is 19.1 Å². The summed E-state index contributed by atoms with van der Waals surface area (Å²) in [6.07, 6.45) is 1.85. The maximum absolute atomic E-state index is 13.9. The molecule has 3 rings (SSSR count). The normalized spacial score (nSPS) is 15.3.